The minimum absolute atomic E-state index is 0.138. The Hall–Kier alpha value is -2.21. The molecule has 3 N–H and O–H groups in total. The maximum atomic E-state index is 11.8. The SMILES string of the molecule is Cc1nccn1-c1ccc(NC(=O)C2(N)CC2)cn1. The molecule has 0 atom stereocenters. The average molecular weight is 257 g/mol. The second-order valence-corrected chi connectivity index (χ2v) is 4.86. The molecule has 6 heteroatoms. The van der Waals surface area contributed by atoms with Crippen LogP contribution >= 0.6 is 0 Å². The van der Waals surface area contributed by atoms with Crippen LogP contribution in [0.1, 0.15) is 18.7 Å². The van der Waals surface area contributed by atoms with E-state index in [4.69, 9.17) is 5.73 Å². The minimum Gasteiger partial charge on any atom is -0.323 e. The lowest BCUT2D eigenvalue weighted by molar-refractivity contribution is -0.118. The van der Waals surface area contributed by atoms with Crippen molar-refractivity contribution in [3.8, 4) is 5.82 Å². The molecule has 0 bridgehead atoms. The number of nitrogens with one attached hydrogen (secondary N) is 1. The van der Waals surface area contributed by atoms with Gasteiger partial charge < -0.3 is 11.1 Å². The molecule has 0 spiro atoms. The number of hydrogen-bond donors (Lipinski definition) is 2. The Bertz CT molecular complexity index is 612. The van der Waals surface area contributed by atoms with E-state index in [-0.39, 0.29) is 5.91 Å². The number of carbonyl (C=O) groups is 1. The summed E-state index contributed by atoms with van der Waals surface area (Å²) < 4.78 is 1.87. The maximum absolute atomic E-state index is 11.8. The van der Waals surface area contributed by atoms with Gasteiger partial charge in [-0.2, -0.15) is 0 Å². The van der Waals surface area contributed by atoms with Crippen LogP contribution < -0.4 is 11.1 Å². The van der Waals surface area contributed by atoms with E-state index < -0.39 is 5.54 Å². The van der Waals surface area contributed by atoms with Crippen LogP contribution in [-0.4, -0.2) is 26.0 Å². The third kappa shape index (κ3) is 2.22. The fourth-order valence-electron chi connectivity index (χ4n) is 1.84. The lowest BCUT2D eigenvalue weighted by atomic mass is 10.2. The number of imidazole rings is 1. The second kappa shape index (κ2) is 4.17. The number of carbonyl (C=O) groups excluding carboxylic acids is 1. The van der Waals surface area contributed by atoms with Gasteiger partial charge in [0.2, 0.25) is 5.91 Å². The minimum atomic E-state index is -0.667. The topological polar surface area (TPSA) is 85.8 Å². The van der Waals surface area contributed by atoms with E-state index in [0.717, 1.165) is 24.5 Å². The Morgan fingerprint density at radius 2 is 2.21 bits per heavy atom. The molecule has 0 unspecified atom stereocenters. The molecule has 1 amide bonds. The first-order valence-electron chi connectivity index (χ1n) is 6.15. The molecule has 1 aliphatic carbocycles. The van der Waals surface area contributed by atoms with Gasteiger partial charge in [-0.05, 0) is 31.9 Å². The highest BCUT2D eigenvalue weighted by Gasteiger charge is 2.45. The molecule has 2 heterocycles. The highest BCUT2D eigenvalue weighted by atomic mass is 16.2. The van der Waals surface area contributed by atoms with Crippen molar-refractivity contribution in [2.75, 3.05) is 5.32 Å². The molecule has 6 nitrogen and oxygen atoms in total. The van der Waals surface area contributed by atoms with Crippen LogP contribution in [0.15, 0.2) is 30.7 Å². The summed E-state index contributed by atoms with van der Waals surface area (Å²) in [6.45, 7) is 1.91. The average Bonchev–Trinajstić information content (AvgIpc) is 3.01. The molecule has 3 rings (SSSR count). The van der Waals surface area contributed by atoms with Crippen molar-refractivity contribution < 1.29 is 4.79 Å². The molecular weight excluding hydrogens is 242 g/mol. The van der Waals surface area contributed by atoms with Gasteiger partial charge in [0.1, 0.15) is 11.6 Å². The predicted octanol–water partition coefficient (Wildman–Crippen LogP) is 1.01. The lowest BCUT2D eigenvalue weighted by Gasteiger charge is -2.10. The molecule has 1 saturated carbocycles. The standard InChI is InChI=1S/C13H15N5O/c1-9-15-6-7-18(9)11-3-2-10(8-16-11)17-12(19)13(14)4-5-13/h2-3,6-8H,4-5,14H2,1H3,(H,17,19). The first-order valence-corrected chi connectivity index (χ1v) is 6.15. The fourth-order valence-corrected chi connectivity index (χ4v) is 1.84. The zero-order chi connectivity index (χ0) is 13.5. The number of pyridine rings is 1. The third-order valence-electron chi connectivity index (χ3n) is 3.32. The van der Waals surface area contributed by atoms with Crippen molar-refractivity contribution in [3.63, 3.8) is 0 Å². The normalized spacial score (nSPS) is 16.1. The van der Waals surface area contributed by atoms with Gasteiger partial charge in [-0.1, -0.05) is 0 Å². The van der Waals surface area contributed by atoms with Gasteiger partial charge in [0.25, 0.3) is 0 Å². The summed E-state index contributed by atoms with van der Waals surface area (Å²) in [5, 5.41) is 2.78. The quantitative estimate of drug-likeness (QED) is 0.859. The van der Waals surface area contributed by atoms with Crippen molar-refractivity contribution in [2.45, 2.75) is 25.3 Å². The summed E-state index contributed by atoms with van der Waals surface area (Å²) in [4.78, 5) is 20.2. The van der Waals surface area contributed by atoms with Crippen LogP contribution in [0.25, 0.3) is 5.82 Å². The fraction of sp³-hybridized carbons (Fsp3) is 0.308. The van der Waals surface area contributed by atoms with Crippen LogP contribution in [0.4, 0.5) is 5.69 Å². The summed E-state index contributed by atoms with van der Waals surface area (Å²) in [6, 6.07) is 3.64. The van der Waals surface area contributed by atoms with E-state index >= 15 is 0 Å². The number of aryl methyl sites for hydroxylation is 1. The number of nitrogens with two attached hydrogens (primary N) is 1. The summed E-state index contributed by atoms with van der Waals surface area (Å²) in [5.74, 6) is 1.49. The third-order valence-corrected chi connectivity index (χ3v) is 3.32. The molecule has 2 aromatic rings. The molecule has 0 radical (unpaired) electrons. The zero-order valence-electron chi connectivity index (χ0n) is 10.6. The van der Waals surface area contributed by atoms with Crippen molar-refractivity contribution in [1.29, 1.82) is 0 Å². The molecule has 19 heavy (non-hydrogen) atoms. The van der Waals surface area contributed by atoms with Gasteiger partial charge in [0, 0.05) is 12.4 Å². The summed E-state index contributed by atoms with van der Waals surface area (Å²) in [5.41, 5.74) is 5.81. The van der Waals surface area contributed by atoms with Crippen molar-refractivity contribution in [3.05, 3.63) is 36.5 Å². The number of nitrogens with zero attached hydrogens (tertiary/aromatic N) is 3. The molecule has 0 aliphatic heterocycles. The van der Waals surface area contributed by atoms with Gasteiger partial charge in [0.15, 0.2) is 0 Å². The van der Waals surface area contributed by atoms with Crippen LogP contribution in [0.2, 0.25) is 0 Å². The van der Waals surface area contributed by atoms with E-state index in [0.29, 0.717) is 5.69 Å². The summed E-state index contributed by atoms with van der Waals surface area (Å²) >= 11 is 0. The van der Waals surface area contributed by atoms with E-state index in [1.165, 1.54) is 0 Å². The maximum Gasteiger partial charge on any atom is 0.244 e. The van der Waals surface area contributed by atoms with Crippen LogP contribution in [0.3, 0.4) is 0 Å². The van der Waals surface area contributed by atoms with Gasteiger partial charge >= 0.3 is 0 Å². The summed E-state index contributed by atoms with van der Waals surface area (Å²) in [7, 11) is 0. The zero-order valence-corrected chi connectivity index (χ0v) is 10.6. The predicted molar refractivity (Wildman–Crippen MR) is 70.9 cm³/mol. The van der Waals surface area contributed by atoms with E-state index in [1.54, 1.807) is 12.4 Å². The van der Waals surface area contributed by atoms with Crippen LogP contribution in [0, 0.1) is 6.92 Å². The first-order chi connectivity index (χ1) is 9.08. The van der Waals surface area contributed by atoms with E-state index in [9.17, 15) is 4.79 Å². The van der Waals surface area contributed by atoms with Crippen molar-refractivity contribution >= 4 is 11.6 Å². The van der Waals surface area contributed by atoms with Crippen LogP contribution in [0.5, 0.6) is 0 Å². The molecule has 1 fully saturated rings. The molecule has 98 valence electrons. The highest BCUT2D eigenvalue weighted by molar-refractivity contribution is 5.99. The van der Waals surface area contributed by atoms with Gasteiger partial charge in [0.05, 0.1) is 17.4 Å². The molecule has 0 aromatic carbocycles. The van der Waals surface area contributed by atoms with E-state index in [2.05, 4.69) is 15.3 Å². The van der Waals surface area contributed by atoms with Crippen molar-refractivity contribution in [2.24, 2.45) is 5.73 Å². The largest absolute Gasteiger partial charge is 0.323 e. The summed E-state index contributed by atoms with van der Waals surface area (Å²) in [6.07, 6.45) is 6.68. The number of hydrogen-bond acceptors (Lipinski definition) is 4. The Morgan fingerprint density at radius 3 is 2.74 bits per heavy atom. The Kier molecular flexibility index (Phi) is 2.60. The van der Waals surface area contributed by atoms with E-state index in [1.807, 2.05) is 29.8 Å². The monoisotopic (exact) mass is 257 g/mol. The number of aromatic nitrogens is 3. The number of rotatable bonds is 3. The van der Waals surface area contributed by atoms with Gasteiger partial charge in [-0.15, -0.1) is 0 Å². The molecule has 0 saturated heterocycles. The van der Waals surface area contributed by atoms with Gasteiger partial charge in [-0.3, -0.25) is 9.36 Å². The number of anilines is 1. The van der Waals surface area contributed by atoms with Gasteiger partial charge in [-0.25, -0.2) is 9.97 Å². The number of amides is 1. The second-order valence-electron chi connectivity index (χ2n) is 4.86. The highest BCUT2D eigenvalue weighted by Crippen LogP contribution is 2.33. The smallest absolute Gasteiger partial charge is 0.244 e. The molecule has 1 aliphatic rings. The Balaban J connectivity index is 1.76. The lowest BCUT2D eigenvalue weighted by Crippen LogP contribution is -2.37. The van der Waals surface area contributed by atoms with Crippen molar-refractivity contribution in [1.82, 2.24) is 14.5 Å². The molecular formula is C13H15N5O. The Labute approximate surface area is 110 Å². The van der Waals surface area contributed by atoms with Crippen LogP contribution in [-0.2, 0) is 4.79 Å². The first kappa shape index (κ1) is 11.9. The Morgan fingerprint density at radius 1 is 1.42 bits per heavy atom. The molecule has 2 aromatic heterocycles.